The highest BCUT2D eigenvalue weighted by Gasteiger charge is 1.92. The number of hydrogen-bond acceptors (Lipinski definition) is 2. The van der Waals surface area contributed by atoms with Gasteiger partial charge in [-0.25, -0.2) is 0 Å². The van der Waals surface area contributed by atoms with Crippen LogP contribution in [0.3, 0.4) is 0 Å². The van der Waals surface area contributed by atoms with Gasteiger partial charge in [0.25, 0.3) is 0 Å². The van der Waals surface area contributed by atoms with E-state index >= 15 is 0 Å². The first-order valence-electron chi connectivity index (χ1n) is 8.25. The topological polar surface area (TPSA) is 24.1 Å². The van der Waals surface area contributed by atoms with Crippen molar-refractivity contribution in [2.45, 2.75) is 57.8 Å². The second kappa shape index (κ2) is 15.0. The van der Waals surface area contributed by atoms with Crippen molar-refractivity contribution in [1.82, 2.24) is 10.6 Å². The summed E-state index contributed by atoms with van der Waals surface area (Å²) < 4.78 is 0. The number of allylic oxidation sites excluding steroid dienone is 5. The lowest BCUT2D eigenvalue weighted by molar-refractivity contribution is 0.634. The third kappa shape index (κ3) is 13.3. The Kier molecular flexibility index (Phi) is 13.9. The summed E-state index contributed by atoms with van der Waals surface area (Å²) in [4.78, 5) is 0. The zero-order valence-corrected chi connectivity index (χ0v) is 14.1. The maximum atomic E-state index is 3.88. The highest BCUT2D eigenvalue weighted by atomic mass is 14.8. The van der Waals surface area contributed by atoms with Gasteiger partial charge in [0.05, 0.1) is 0 Å². The van der Waals surface area contributed by atoms with Crippen LogP contribution in [0.4, 0.5) is 0 Å². The van der Waals surface area contributed by atoms with Crippen LogP contribution in [-0.2, 0) is 0 Å². The Balaban J connectivity index is 0.000000394. The summed E-state index contributed by atoms with van der Waals surface area (Å²) in [7, 11) is 3.89. The molecule has 21 heavy (non-hydrogen) atoms. The molecule has 0 aromatic heterocycles. The van der Waals surface area contributed by atoms with Gasteiger partial charge in [-0.2, -0.15) is 0 Å². The van der Waals surface area contributed by atoms with E-state index in [0.29, 0.717) is 0 Å². The van der Waals surface area contributed by atoms with Gasteiger partial charge in [-0.15, -0.1) is 6.58 Å². The van der Waals surface area contributed by atoms with Crippen molar-refractivity contribution in [3.63, 3.8) is 0 Å². The molecule has 0 fully saturated rings. The maximum absolute atomic E-state index is 3.88. The first-order chi connectivity index (χ1) is 10.2. The average molecular weight is 290 g/mol. The summed E-state index contributed by atoms with van der Waals surface area (Å²) in [5, 5.41) is 6.17. The molecule has 2 heteroatoms. The molecular formula is C19H34N2. The first-order valence-corrected chi connectivity index (χ1v) is 8.25. The molecule has 0 amide bonds. The maximum Gasteiger partial charge on any atom is 0.0293 e. The summed E-state index contributed by atoms with van der Waals surface area (Å²) in [5.41, 5.74) is 2.41. The van der Waals surface area contributed by atoms with Gasteiger partial charge in [-0.05, 0) is 51.0 Å². The molecule has 0 radical (unpaired) electrons. The Bertz CT molecular complexity index is 326. The number of rotatable bonds is 9. The van der Waals surface area contributed by atoms with Crippen LogP contribution in [-0.4, -0.2) is 14.1 Å². The molecule has 0 atom stereocenters. The Labute approximate surface area is 132 Å². The molecule has 0 unspecified atom stereocenters. The van der Waals surface area contributed by atoms with E-state index in [0.717, 1.165) is 18.5 Å². The van der Waals surface area contributed by atoms with E-state index < -0.39 is 0 Å². The predicted octanol–water partition coefficient (Wildman–Crippen LogP) is 5.08. The zero-order chi connectivity index (χ0) is 15.8. The fourth-order valence-corrected chi connectivity index (χ4v) is 2.06. The van der Waals surface area contributed by atoms with Crippen LogP contribution in [0.25, 0.3) is 0 Å². The van der Waals surface area contributed by atoms with Crippen LogP contribution in [0.5, 0.6) is 0 Å². The molecule has 1 aliphatic rings. The fourth-order valence-electron chi connectivity index (χ4n) is 2.06. The highest BCUT2D eigenvalue weighted by molar-refractivity contribution is 5.17. The molecule has 2 N–H and O–H groups in total. The van der Waals surface area contributed by atoms with E-state index in [1.165, 1.54) is 50.6 Å². The number of nitrogens with one attached hydrogen (secondary N) is 2. The lowest BCUT2D eigenvalue weighted by Gasteiger charge is -2.03. The SMILES string of the molecule is C=CCCCCCCC(=C)NC.CNC1=CCCCC=C1. The second-order valence-corrected chi connectivity index (χ2v) is 5.34. The van der Waals surface area contributed by atoms with E-state index in [1.807, 2.05) is 20.2 Å². The van der Waals surface area contributed by atoms with E-state index in [2.05, 4.69) is 42.0 Å². The molecule has 0 saturated heterocycles. The largest absolute Gasteiger partial charge is 0.392 e. The molecule has 0 aromatic carbocycles. The summed E-state index contributed by atoms with van der Waals surface area (Å²) in [6, 6.07) is 0. The van der Waals surface area contributed by atoms with Crippen molar-refractivity contribution in [3.8, 4) is 0 Å². The minimum atomic E-state index is 1.12. The lowest BCUT2D eigenvalue weighted by Crippen LogP contribution is -2.03. The number of unbranched alkanes of at least 4 members (excludes halogenated alkanes) is 4. The van der Waals surface area contributed by atoms with Crippen LogP contribution in [0.15, 0.2) is 48.9 Å². The van der Waals surface area contributed by atoms with Gasteiger partial charge in [-0.3, -0.25) is 0 Å². The molecule has 0 heterocycles. The van der Waals surface area contributed by atoms with Gasteiger partial charge >= 0.3 is 0 Å². The van der Waals surface area contributed by atoms with Crippen LogP contribution in [0.1, 0.15) is 57.8 Å². The van der Waals surface area contributed by atoms with E-state index in [1.54, 1.807) is 0 Å². The van der Waals surface area contributed by atoms with Crippen molar-refractivity contribution < 1.29 is 0 Å². The smallest absolute Gasteiger partial charge is 0.0293 e. The van der Waals surface area contributed by atoms with Gasteiger partial charge < -0.3 is 10.6 Å². The van der Waals surface area contributed by atoms with Gasteiger partial charge in [0, 0.05) is 25.5 Å². The molecule has 120 valence electrons. The second-order valence-electron chi connectivity index (χ2n) is 5.34. The van der Waals surface area contributed by atoms with Crippen molar-refractivity contribution in [2.24, 2.45) is 0 Å². The van der Waals surface area contributed by atoms with Gasteiger partial charge in [-0.1, -0.05) is 37.6 Å². The van der Waals surface area contributed by atoms with Gasteiger partial charge in [0.2, 0.25) is 0 Å². The van der Waals surface area contributed by atoms with Crippen LogP contribution in [0.2, 0.25) is 0 Å². The average Bonchev–Trinajstić information content (AvgIpc) is 2.79. The van der Waals surface area contributed by atoms with E-state index in [-0.39, 0.29) is 0 Å². The molecule has 0 bridgehead atoms. The molecule has 1 aliphatic carbocycles. The van der Waals surface area contributed by atoms with Crippen molar-refractivity contribution in [2.75, 3.05) is 14.1 Å². The molecule has 0 aliphatic heterocycles. The third-order valence-electron chi connectivity index (χ3n) is 3.52. The first kappa shape index (κ1) is 19.6. The van der Waals surface area contributed by atoms with E-state index in [4.69, 9.17) is 0 Å². The Morgan fingerprint density at radius 1 is 1.19 bits per heavy atom. The predicted molar refractivity (Wildman–Crippen MR) is 96.2 cm³/mol. The molecule has 0 aromatic rings. The quantitative estimate of drug-likeness (QED) is 0.457. The summed E-state index contributed by atoms with van der Waals surface area (Å²) in [5.74, 6) is 0. The number of likely N-dealkylation sites (N-methyl/N-ethyl adjacent to an activating group) is 1. The summed E-state index contributed by atoms with van der Waals surface area (Å²) in [6.07, 6.45) is 19.8. The standard InChI is InChI=1S/C11H21N.C8H13N/c1-4-5-6-7-8-9-10-11(2)12-3;1-9-8-6-4-2-3-5-7-8/h4,12H,1-2,5-10H2,3H3;4,6-7,9H,2-3,5H2,1H3. The van der Waals surface area contributed by atoms with Crippen molar-refractivity contribution in [1.29, 1.82) is 0 Å². The Morgan fingerprint density at radius 3 is 2.62 bits per heavy atom. The Hall–Kier alpha value is -1.44. The molecule has 0 spiro atoms. The number of hydrogen-bond donors (Lipinski definition) is 2. The van der Waals surface area contributed by atoms with Gasteiger partial charge in [0.1, 0.15) is 0 Å². The summed E-state index contributed by atoms with van der Waals surface area (Å²) in [6.45, 7) is 7.58. The highest BCUT2D eigenvalue weighted by Crippen LogP contribution is 2.08. The molecular weight excluding hydrogens is 256 g/mol. The van der Waals surface area contributed by atoms with Crippen molar-refractivity contribution >= 4 is 0 Å². The minimum absolute atomic E-state index is 1.12. The zero-order valence-electron chi connectivity index (χ0n) is 14.1. The van der Waals surface area contributed by atoms with Crippen molar-refractivity contribution in [3.05, 3.63) is 48.9 Å². The molecule has 0 saturated carbocycles. The van der Waals surface area contributed by atoms with E-state index in [9.17, 15) is 0 Å². The van der Waals surface area contributed by atoms with Crippen LogP contribution < -0.4 is 10.6 Å². The third-order valence-corrected chi connectivity index (χ3v) is 3.52. The van der Waals surface area contributed by atoms with Crippen LogP contribution >= 0.6 is 0 Å². The Morgan fingerprint density at radius 2 is 1.95 bits per heavy atom. The fraction of sp³-hybridized carbons (Fsp3) is 0.579. The van der Waals surface area contributed by atoms with Gasteiger partial charge in [0.15, 0.2) is 0 Å². The minimum Gasteiger partial charge on any atom is -0.392 e. The monoisotopic (exact) mass is 290 g/mol. The summed E-state index contributed by atoms with van der Waals surface area (Å²) >= 11 is 0. The van der Waals surface area contributed by atoms with Crippen LogP contribution in [0, 0.1) is 0 Å². The molecule has 1 rings (SSSR count). The lowest BCUT2D eigenvalue weighted by atomic mass is 10.1. The molecule has 2 nitrogen and oxygen atoms in total. The normalized spacial score (nSPS) is 13.3.